The van der Waals surface area contributed by atoms with Crippen LogP contribution in [-0.2, 0) is 12.4 Å². The summed E-state index contributed by atoms with van der Waals surface area (Å²) in [4.78, 5) is 13.7. The highest BCUT2D eigenvalue weighted by molar-refractivity contribution is 5.90. The molecule has 1 aliphatic rings. The maximum absolute atomic E-state index is 13.4. The van der Waals surface area contributed by atoms with Crippen molar-refractivity contribution >= 4 is 11.8 Å². The minimum absolute atomic E-state index is 0.0883. The van der Waals surface area contributed by atoms with E-state index in [-0.39, 0.29) is 17.8 Å². The third-order valence-corrected chi connectivity index (χ3v) is 4.31. The summed E-state index contributed by atoms with van der Waals surface area (Å²) in [6.07, 6.45) is -10.2. The molecule has 2 aromatic rings. The molecule has 0 heterocycles. The summed E-state index contributed by atoms with van der Waals surface area (Å²) >= 11 is 0. The van der Waals surface area contributed by atoms with Crippen molar-refractivity contribution in [1.82, 2.24) is 0 Å². The number of halogens is 7. The summed E-state index contributed by atoms with van der Waals surface area (Å²) in [6, 6.07) is 4.72. The van der Waals surface area contributed by atoms with Crippen molar-refractivity contribution in [3.05, 3.63) is 58.9 Å². The van der Waals surface area contributed by atoms with E-state index < -0.39 is 46.7 Å². The summed E-state index contributed by atoms with van der Waals surface area (Å²) in [5.41, 5.74) is -3.49. The number of hydrogen-bond donors (Lipinski definition) is 0. The number of rotatable bonds is 3. The maximum atomic E-state index is 13.4. The van der Waals surface area contributed by atoms with Crippen LogP contribution in [0.3, 0.4) is 0 Å². The lowest BCUT2D eigenvalue weighted by Gasteiger charge is -2.24. The Balaban J connectivity index is 1.99. The third-order valence-electron chi connectivity index (χ3n) is 4.31. The van der Waals surface area contributed by atoms with E-state index in [9.17, 15) is 35.5 Å². The van der Waals surface area contributed by atoms with Gasteiger partial charge in [0.05, 0.1) is 11.1 Å². The highest BCUT2D eigenvalue weighted by Crippen LogP contribution is 2.43. The number of amides is 1. The molecule has 0 atom stereocenters. The van der Waals surface area contributed by atoms with Gasteiger partial charge in [0.15, 0.2) is 0 Å². The molecule has 29 heavy (non-hydrogen) atoms. The van der Waals surface area contributed by atoms with Crippen LogP contribution < -0.4 is 9.64 Å². The van der Waals surface area contributed by atoms with Crippen molar-refractivity contribution in [2.45, 2.75) is 38.2 Å². The van der Waals surface area contributed by atoms with Gasteiger partial charge in [0.1, 0.15) is 11.6 Å². The zero-order chi connectivity index (χ0) is 21.6. The Hall–Kier alpha value is -2.78. The lowest BCUT2D eigenvalue weighted by molar-refractivity contribution is -0.143. The van der Waals surface area contributed by atoms with Gasteiger partial charge >= 0.3 is 18.4 Å². The summed E-state index contributed by atoms with van der Waals surface area (Å²) in [5, 5.41) is 0. The van der Waals surface area contributed by atoms with E-state index in [1.807, 2.05) is 0 Å². The zero-order valence-electron chi connectivity index (χ0n) is 14.9. The Morgan fingerprint density at radius 1 is 1.00 bits per heavy atom. The van der Waals surface area contributed by atoms with Gasteiger partial charge in [0.2, 0.25) is 0 Å². The van der Waals surface area contributed by atoms with Crippen LogP contribution in [0.2, 0.25) is 0 Å². The molecule has 0 aromatic heterocycles. The Morgan fingerprint density at radius 2 is 1.59 bits per heavy atom. The number of ether oxygens (including phenoxy) is 1. The molecule has 1 aliphatic carbocycles. The van der Waals surface area contributed by atoms with Gasteiger partial charge in [-0.1, -0.05) is 0 Å². The number of nitrogens with zero attached hydrogens (tertiary/aromatic N) is 1. The van der Waals surface area contributed by atoms with E-state index in [1.165, 1.54) is 12.1 Å². The lowest BCUT2D eigenvalue weighted by atomic mass is 10.0. The molecule has 1 fully saturated rings. The maximum Gasteiger partial charge on any atom is 0.420 e. The molecule has 3 nitrogen and oxygen atoms in total. The van der Waals surface area contributed by atoms with Gasteiger partial charge in [0, 0.05) is 11.7 Å². The largest absolute Gasteiger partial charge is 0.420 e. The van der Waals surface area contributed by atoms with E-state index in [0.717, 1.165) is 24.0 Å². The second-order valence-corrected chi connectivity index (χ2v) is 6.61. The van der Waals surface area contributed by atoms with Crippen molar-refractivity contribution in [2.24, 2.45) is 0 Å². The van der Waals surface area contributed by atoms with Crippen LogP contribution in [0.15, 0.2) is 36.4 Å². The minimum atomic E-state index is -5.18. The molecule has 0 saturated heterocycles. The highest BCUT2D eigenvalue weighted by Gasteiger charge is 2.42. The number of anilines is 1. The number of hydrogen-bond acceptors (Lipinski definition) is 2. The summed E-state index contributed by atoms with van der Waals surface area (Å²) in [5.74, 6) is -1.57. The predicted octanol–water partition coefficient (Wildman–Crippen LogP) is 6.34. The topological polar surface area (TPSA) is 29.5 Å². The van der Waals surface area contributed by atoms with Crippen LogP contribution in [0.25, 0.3) is 0 Å². The number of carbonyl (C=O) groups is 1. The number of benzene rings is 2. The fraction of sp³-hybridized carbons (Fsp3) is 0.316. The van der Waals surface area contributed by atoms with Crippen molar-refractivity contribution < 1.29 is 40.3 Å². The van der Waals surface area contributed by atoms with Gasteiger partial charge in [-0.25, -0.2) is 9.18 Å². The smallest absolute Gasteiger partial charge is 0.409 e. The van der Waals surface area contributed by atoms with E-state index in [4.69, 9.17) is 4.74 Å². The number of carbonyl (C=O) groups excluding carboxylic acids is 1. The third kappa shape index (κ3) is 4.63. The van der Waals surface area contributed by atoms with Crippen LogP contribution in [-0.4, -0.2) is 12.1 Å². The Bertz CT molecular complexity index is 916. The SMILES string of the molecule is Cc1cc(C(F)(F)F)cc(C(F)(F)F)c1OC(=O)N(c1ccc(F)cc1)C1CC1. The van der Waals surface area contributed by atoms with E-state index in [1.54, 1.807) is 0 Å². The summed E-state index contributed by atoms with van der Waals surface area (Å²) < 4.78 is 96.9. The molecule has 0 N–H and O–H groups in total. The molecule has 10 heteroatoms. The first-order valence-corrected chi connectivity index (χ1v) is 8.43. The van der Waals surface area contributed by atoms with Gasteiger partial charge in [-0.05, 0) is 61.7 Å². The highest BCUT2D eigenvalue weighted by atomic mass is 19.4. The lowest BCUT2D eigenvalue weighted by Crippen LogP contribution is -2.36. The average Bonchev–Trinajstić information content (AvgIpc) is 3.41. The molecule has 1 amide bonds. The van der Waals surface area contributed by atoms with E-state index >= 15 is 0 Å². The fourth-order valence-corrected chi connectivity index (χ4v) is 2.82. The van der Waals surface area contributed by atoms with E-state index in [0.29, 0.717) is 18.9 Å². The van der Waals surface area contributed by atoms with Crippen LogP contribution in [0.4, 0.5) is 41.2 Å². The first-order chi connectivity index (χ1) is 13.4. The van der Waals surface area contributed by atoms with Crippen molar-refractivity contribution in [2.75, 3.05) is 4.90 Å². The fourth-order valence-electron chi connectivity index (χ4n) is 2.82. The number of aryl methyl sites for hydroxylation is 1. The van der Waals surface area contributed by atoms with Crippen LogP contribution in [0.5, 0.6) is 5.75 Å². The quantitative estimate of drug-likeness (QED) is 0.542. The predicted molar refractivity (Wildman–Crippen MR) is 89.1 cm³/mol. The molecule has 156 valence electrons. The molecule has 0 spiro atoms. The molecule has 3 rings (SSSR count). The number of alkyl halides is 6. The second-order valence-electron chi connectivity index (χ2n) is 6.61. The van der Waals surface area contributed by atoms with Crippen molar-refractivity contribution in [3.8, 4) is 5.75 Å². The standard InChI is InChI=1S/C19H14F7NO2/c1-10-8-11(18(21,22)23)9-15(19(24,25)26)16(10)29-17(28)27(14-6-7-14)13-4-2-12(20)3-5-13/h2-5,8-9,14H,6-7H2,1H3. The van der Waals surface area contributed by atoms with Crippen LogP contribution >= 0.6 is 0 Å². The average molecular weight is 421 g/mol. The zero-order valence-corrected chi connectivity index (χ0v) is 14.9. The first kappa shape index (κ1) is 20.9. The van der Waals surface area contributed by atoms with Gasteiger partial charge in [0.25, 0.3) is 0 Å². The molecule has 0 unspecified atom stereocenters. The van der Waals surface area contributed by atoms with Crippen molar-refractivity contribution in [3.63, 3.8) is 0 Å². The Kier molecular flexibility index (Phi) is 5.22. The molecular weight excluding hydrogens is 407 g/mol. The van der Waals surface area contributed by atoms with Gasteiger partial charge in [-0.15, -0.1) is 0 Å². The normalized spacial score (nSPS) is 14.6. The van der Waals surface area contributed by atoms with Crippen LogP contribution in [0, 0.1) is 12.7 Å². The minimum Gasteiger partial charge on any atom is -0.409 e. The van der Waals surface area contributed by atoms with E-state index in [2.05, 4.69) is 0 Å². The molecule has 2 aromatic carbocycles. The van der Waals surface area contributed by atoms with Gasteiger partial charge < -0.3 is 4.74 Å². The van der Waals surface area contributed by atoms with Gasteiger partial charge in [-0.2, -0.15) is 26.3 Å². The Labute approximate surface area is 160 Å². The molecule has 0 aliphatic heterocycles. The van der Waals surface area contributed by atoms with Gasteiger partial charge in [-0.3, -0.25) is 4.90 Å². The van der Waals surface area contributed by atoms with Crippen molar-refractivity contribution in [1.29, 1.82) is 0 Å². The second kappa shape index (κ2) is 7.23. The Morgan fingerprint density at radius 3 is 2.07 bits per heavy atom. The van der Waals surface area contributed by atoms with Crippen LogP contribution in [0.1, 0.15) is 29.5 Å². The first-order valence-electron chi connectivity index (χ1n) is 8.43. The summed E-state index contributed by atoms with van der Waals surface area (Å²) in [7, 11) is 0. The molecule has 0 bridgehead atoms. The molecular formula is C19H14F7NO2. The molecule has 1 saturated carbocycles. The molecule has 0 radical (unpaired) electrons. The monoisotopic (exact) mass is 421 g/mol. The summed E-state index contributed by atoms with van der Waals surface area (Å²) in [6.45, 7) is 0.993.